The topological polar surface area (TPSA) is 78.0 Å². The van der Waals surface area contributed by atoms with E-state index in [-0.39, 0.29) is 18.6 Å². The Morgan fingerprint density at radius 3 is 2.95 bits per heavy atom. The van der Waals surface area contributed by atoms with Crippen molar-refractivity contribution in [3.05, 3.63) is 52.8 Å². The maximum absolute atomic E-state index is 12.3. The Morgan fingerprint density at radius 1 is 1.48 bits per heavy atom. The minimum Gasteiger partial charge on any atom is -0.384 e. The van der Waals surface area contributed by atoms with Crippen LogP contribution in [0.3, 0.4) is 0 Å². The van der Waals surface area contributed by atoms with E-state index in [1.807, 2.05) is 26.0 Å². The molecule has 1 atom stereocenters. The van der Waals surface area contributed by atoms with Gasteiger partial charge < -0.3 is 10.4 Å². The van der Waals surface area contributed by atoms with Gasteiger partial charge in [0.05, 0.1) is 12.2 Å². The number of aromatic nitrogens is 2. The number of benzene rings is 1. The quantitative estimate of drug-likeness (QED) is 0.748. The number of aryl methyl sites for hydroxylation is 1. The fraction of sp³-hybridized carbons (Fsp3) is 0.250. The summed E-state index contributed by atoms with van der Waals surface area (Å²) in [4.78, 5) is 12.3. The summed E-state index contributed by atoms with van der Waals surface area (Å²) in [5.74, 6) is 5.23. The van der Waals surface area contributed by atoms with E-state index in [1.165, 1.54) is 0 Å². The molecule has 0 radical (unpaired) electrons. The fourth-order valence-electron chi connectivity index (χ4n) is 1.99. The van der Waals surface area contributed by atoms with Crippen LogP contribution >= 0.6 is 0 Å². The fourth-order valence-corrected chi connectivity index (χ4v) is 1.99. The van der Waals surface area contributed by atoms with E-state index in [0.29, 0.717) is 11.1 Å². The first-order valence-electron chi connectivity index (χ1n) is 6.61. The van der Waals surface area contributed by atoms with Crippen molar-refractivity contribution in [2.75, 3.05) is 6.61 Å². The van der Waals surface area contributed by atoms with Crippen LogP contribution in [0.5, 0.6) is 0 Å². The van der Waals surface area contributed by atoms with E-state index >= 15 is 0 Å². The Bertz CT molecular complexity index is 681. The maximum Gasteiger partial charge on any atom is 0.251 e. The second-order valence-electron chi connectivity index (χ2n) is 4.77. The molecule has 5 heteroatoms. The molecule has 3 N–H and O–H groups in total. The summed E-state index contributed by atoms with van der Waals surface area (Å²) in [5, 5.41) is 18.2. The number of aliphatic hydroxyl groups excluding tert-OH is 1. The zero-order valence-electron chi connectivity index (χ0n) is 12.0. The molecule has 0 aliphatic carbocycles. The normalized spacial score (nSPS) is 11.4. The van der Waals surface area contributed by atoms with E-state index < -0.39 is 0 Å². The third-order valence-electron chi connectivity index (χ3n) is 3.02. The predicted molar refractivity (Wildman–Crippen MR) is 79.6 cm³/mol. The Labute approximate surface area is 123 Å². The monoisotopic (exact) mass is 283 g/mol. The summed E-state index contributed by atoms with van der Waals surface area (Å²) in [6.07, 6.45) is 3.43. The van der Waals surface area contributed by atoms with Gasteiger partial charge in [-0.05, 0) is 37.6 Å². The van der Waals surface area contributed by atoms with Crippen LogP contribution < -0.4 is 5.32 Å². The van der Waals surface area contributed by atoms with Crippen LogP contribution in [0.4, 0.5) is 0 Å². The third kappa shape index (κ3) is 3.94. The highest BCUT2D eigenvalue weighted by atomic mass is 16.2. The van der Waals surface area contributed by atoms with E-state index in [2.05, 4.69) is 27.4 Å². The molecule has 2 rings (SSSR count). The minimum atomic E-state index is -0.201. The van der Waals surface area contributed by atoms with Crippen LogP contribution in [0, 0.1) is 18.8 Å². The van der Waals surface area contributed by atoms with Gasteiger partial charge in [-0.15, -0.1) is 0 Å². The van der Waals surface area contributed by atoms with Crippen LogP contribution in [0.15, 0.2) is 30.6 Å². The molecule has 1 unspecified atom stereocenters. The van der Waals surface area contributed by atoms with Gasteiger partial charge in [-0.25, -0.2) is 0 Å². The van der Waals surface area contributed by atoms with Crippen LogP contribution in [0.1, 0.15) is 40.0 Å². The SMILES string of the molecule is Cc1cc(C#CCO)cc(C(=O)NC(C)c2cn[nH]c2)c1. The summed E-state index contributed by atoms with van der Waals surface area (Å²) in [5.41, 5.74) is 3.12. The predicted octanol–water partition coefficient (Wildman–Crippen LogP) is 1.55. The largest absolute Gasteiger partial charge is 0.384 e. The first-order valence-corrected chi connectivity index (χ1v) is 6.61. The van der Waals surface area contributed by atoms with Crippen molar-refractivity contribution in [2.24, 2.45) is 0 Å². The summed E-state index contributed by atoms with van der Waals surface area (Å²) in [6, 6.07) is 5.26. The second-order valence-corrected chi connectivity index (χ2v) is 4.77. The maximum atomic E-state index is 12.3. The van der Waals surface area contributed by atoms with Gasteiger partial charge in [0.25, 0.3) is 5.91 Å². The number of hydrogen-bond donors (Lipinski definition) is 3. The zero-order chi connectivity index (χ0) is 15.2. The average molecular weight is 283 g/mol. The van der Waals surface area contributed by atoms with Crippen molar-refractivity contribution < 1.29 is 9.90 Å². The van der Waals surface area contributed by atoms with Gasteiger partial charge in [0.2, 0.25) is 0 Å². The zero-order valence-corrected chi connectivity index (χ0v) is 12.0. The molecule has 0 bridgehead atoms. The Hall–Kier alpha value is -2.58. The summed E-state index contributed by atoms with van der Waals surface area (Å²) in [6.45, 7) is 3.60. The molecule has 0 aliphatic rings. The van der Waals surface area contributed by atoms with Gasteiger partial charge in [-0.3, -0.25) is 9.89 Å². The van der Waals surface area contributed by atoms with Gasteiger partial charge in [-0.2, -0.15) is 5.10 Å². The molecule has 1 amide bonds. The summed E-state index contributed by atoms with van der Waals surface area (Å²) in [7, 11) is 0. The Balaban J connectivity index is 2.17. The number of carbonyl (C=O) groups is 1. The molecule has 0 saturated heterocycles. The lowest BCUT2D eigenvalue weighted by molar-refractivity contribution is 0.0940. The molecular weight excluding hydrogens is 266 g/mol. The number of rotatable bonds is 3. The molecule has 108 valence electrons. The van der Waals surface area contributed by atoms with E-state index in [0.717, 1.165) is 11.1 Å². The van der Waals surface area contributed by atoms with Gasteiger partial charge in [0.1, 0.15) is 6.61 Å². The third-order valence-corrected chi connectivity index (χ3v) is 3.02. The molecule has 0 saturated carbocycles. The highest BCUT2D eigenvalue weighted by Gasteiger charge is 2.12. The number of carbonyl (C=O) groups excluding carboxylic acids is 1. The molecular formula is C16H17N3O2. The number of aromatic amines is 1. The number of nitrogens with one attached hydrogen (secondary N) is 2. The molecule has 1 aromatic carbocycles. The smallest absolute Gasteiger partial charge is 0.251 e. The number of nitrogens with zero attached hydrogens (tertiary/aromatic N) is 1. The molecule has 0 spiro atoms. The minimum absolute atomic E-state index is 0.135. The molecule has 1 aromatic heterocycles. The second kappa shape index (κ2) is 6.73. The number of hydrogen-bond acceptors (Lipinski definition) is 3. The standard InChI is InChI=1S/C16H17N3O2/c1-11-6-13(4-3-5-20)8-14(7-11)16(21)19-12(2)15-9-17-18-10-15/h6-10,12,20H,5H2,1-2H3,(H,17,18)(H,19,21). The summed E-state index contributed by atoms with van der Waals surface area (Å²) >= 11 is 0. The van der Waals surface area contributed by atoms with E-state index in [4.69, 9.17) is 5.11 Å². The molecule has 5 nitrogen and oxygen atoms in total. The van der Waals surface area contributed by atoms with Crippen molar-refractivity contribution in [2.45, 2.75) is 19.9 Å². The van der Waals surface area contributed by atoms with Crippen molar-refractivity contribution in [1.29, 1.82) is 0 Å². The highest BCUT2D eigenvalue weighted by molar-refractivity contribution is 5.95. The van der Waals surface area contributed by atoms with Crippen molar-refractivity contribution in [3.63, 3.8) is 0 Å². The first kappa shape index (κ1) is 14.8. The highest BCUT2D eigenvalue weighted by Crippen LogP contribution is 2.13. The van der Waals surface area contributed by atoms with Gasteiger partial charge in [-0.1, -0.05) is 11.8 Å². The van der Waals surface area contributed by atoms with Crippen molar-refractivity contribution in [1.82, 2.24) is 15.5 Å². The number of H-pyrrole nitrogens is 1. The van der Waals surface area contributed by atoms with Crippen LogP contribution in [-0.2, 0) is 0 Å². The van der Waals surface area contributed by atoms with Crippen LogP contribution in [0.2, 0.25) is 0 Å². The average Bonchev–Trinajstić information content (AvgIpc) is 2.98. The van der Waals surface area contributed by atoms with Gasteiger partial charge in [0.15, 0.2) is 0 Å². The lowest BCUT2D eigenvalue weighted by Crippen LogP contribution is -2.26. The lowest BCUT2D eigenvalue weighted by Gasteiger charge is -2.12. The van der Waals surface area contributed by atoms with Gasteiger partial charge in [0, 0.05) is 22.9 Å². The summed E-state index contributed by atoms with van der Waals surface area (Å²) < 4.78 is 0. The number of amides is 1. The molecule has 1 heterocycles. The van der Waals surface area contributed by atoms with E-state index in [1.54, 1.807) is 18.5 Å². The van der Waals surface area contributed by atoms with E-state index in [9.17, 15) is 4.79 Å². The van der Waals surface area contributed by atoms with Gasteiger partial charge >= 0.3 is 0 Å². The van der Waals surface area contributed by atoms with Crippen LogP contribution in [0.25, 0.3) is 0 Å². The Morgan fingerprint density at radius 2 is 2.29 bits per heavy atom. The lowest BCUT2D eigenvalue weighted by atomic mass is 10.1. The Kier molecular flexibility index (Phi) is 4.75. The first-order chi connectivity index (χ1) is 10.1. The van der Waals surface area contributed by atoms with Crippen LogP contribution in [-0.4, -0.2) is 27.8 Å². The molecule has 21 heavy (non-hydrogen) atoms. The molecule has 0 fully saturated rings. The molecule has 0 aliphatic heterocycles. The number of aliphatic hydroxyl groups is 1. The van der Waals surface area contributed by atoms with Crippen molar-refractivity contribution >= 4 is 5.91 Å². The molecule has 2 aromatic rings. The van der Waals surface area contributed by atoms with Crippen molar-refractivity contribution in [3.8, 4) is 11.8 Å².